The summed E-state index contributed by atoms with van der Waals surface area (Å²) in [6.07, 6.45) is 10.6. The van der Waals surface area contributed by atoms with E-state index in [1.54, 1.807) is 0 Å². The van der Waals surface area contributed by atoms with Crippen molar-refractivity contribution in [3.05, 3.63) is 18.0 Å². The third-order valence-corrected chi connectivity index (χ3v) is 4.66. The van der Waals surface area contributed by atoms with E-state index in [0.29, 0.717) is 5.41 Å². The zero-order valence-corrected chi connectivity index (χ0v) is 13.7. The van der Waals surface area contributed by atoms with Crippen LogP contribution >= 0.6 is 0 Å². The lowest BCUT2D eigenvalue weighted by molar-refractivity contribution is 0.283. The van der Waals surface area contributed by atoms with E-state index in [2.05, 4.69) is 40.8 Å². The van der Waals surface area contributed by atoms with Gasteiger partial charge in [0.25, 0.3) is 0 Å². The summed E-state index contributed by atoms with van der Waals surface area (Å²) in [5.41, 5.74) is 1.68. The van der Waals surface area contributed by atoms with Gasteiger partial charge < -0.3 is 10.6 Å². The van der Waals surface area contributed by atoms with Crippen molar-refractivity contribution in [3.8, 4) is 0 Å². The molecule has 0 atom stereocenters. The van der Waals surface area contributed by atoms with Crippen molar-refractivity contribution in [3.63, 3.8) is 0 Å². The Morgan fingerprint density at radius 2 is 2.14 bits per heavy atom. The highest BCUT2D eigenvalue weighted by Gasteiger charge is 2.31. The summed E-state index contributed by atoms with van der Waals surface area (Å²) >= 11 is 0. The Morgan fingerprint density at radius 1 is 1.38 bits per heavy atom. The SMILES string of the molecule is CCC1(CNC(=NC)NCCn2cc(C)cn2)CCCC1. The lowest BCUT2D eigenvalue weighted by Crippen LogP contribution is -2.43. The molecule has 21 heavy (non-hydrogen) atoms. The fourth-order valence-electron chi connectivity index (χ4n) is 3.15. The summed E-state index contributed by atoms with van der Waals surface area (Å²) in [6.45, 7) is 7.09. The summed E-state index contributed by atoms with van der Waals surface area (Å²) in [5, 5.41) is 11.2. The van der Waals surface area contributed by atoms with Gasteiger partial charge in [-0.2, -0.15) is 5.10 Å². The number of rotatable bonds is 6. The van der Waals surface area contributed by atoms with Crippen molar-refractivity contribution in [2.45, 2.75) is 52.5 Å². The molecule has 0 saturated heterocycles. The highest BCUT2D eigenvalue weighted by atomic mass is 15.3. The summed E-state index contributed by atoms with van der Waals surface area (Å²) in [4.78, 5) is 4.32. The zero-order chi connectivity index (χ0) is 15.1. The van der Waals surface area contributed by atoms with E-state index in [-0.39, 0.29) is 0 Å². The molecule has 0 unspecified atom stereocenters. The van der Waals surface area contributed by atoms with Crippen molar-refractivity contribution >= 4 is 5.96 Å². The number of hydrogen-bond donors (Lipinski definition) is 2. The topological polar surface area (TPSA) is 54.2 Å². The minimum Gasteiger partial charge on any atom is -0.356 e. The first kappa shape index (κ1) is 15.9. The van der Waals surface area contributed by atoms with Gasteiger partial charge in [-0.15, -0.1) is 0 Å². The van der Waals surface area contributed by atoms with Gasteiger partial charge in [0.15, 0.2) is 5.96 Å². The molecule has 1 aromatic heterocycles. The number of guanidine groups is 1. The molecule has 1 aliphatic carbocycles. The monoisotopic (exact) mass is 291 g/mol. The Labute approximate surface area is 128 Å². The van der Waals surface area contributed by atoms with Crippen LogP contribution in [0.1, 0.15) is 44.6 Å². The highest BCUT2D eigenvalue weighted by Crippen LogP contribution is 2.40. The zero-order valence-electron chi connectivity index (χ0n) is 13.7. The molecule has 0 aromatic carbocycles. The van der Waals surface area contributed by atoms with E-state index in [1.807, 2.05) is 17.9 Å². The van der Waals surface area contributed by atoms with Crippen molar-refractivity contribution in [2.24, 2.45) is 10.4 Å². The molecular weight excluding hydrogens is 262 g/mol. The second-order valence-electron chi connectivity index (χ2n) is 6.19. The van der Waals surface area contributed by atoms with Crippen LogP contribution in [0.25, 0.3) is 0 Å². The van der Waals surface area contributed by atoms with Gasteiger partial charge in [0, 0.05) is 26.3 Å². The van der Waals surface area contributed by atoms with Gasteiger partial charge in [-0.3, -0.25) is 9.67 Å². The molecule has 0 aliphatic heterocycles. The van der Waals surface area contributed by atoms with Gasteiger partial charge in [0.05, 0.1) is 12.7 Å². The first-order valence-electron chi connectivity index (χ1n) is 8.11. The van der Waals surface area contributed by atoms with Crippen molar-refractivity contribution < 1.29 is 0 Å². The maximum absolute atomic E-state index is 4.32. The summed E-state index contributed by atoms with van der Waals surface area (Å²) < 4.78 is 1.96. The van der Waals surface area contributed by atoms with Crippen LogP contribution in [-0.4, -0.2) is 35.9 Å². The fourth-order valence-corrected chi connectivity index (χ4v) is 3.15. The minimum atomic E-state index is 0.483. The quantitative estimate of drug-likeness (QED) is 0.625. The van der Waals surface area contributed by atoms with Gasteiger partial charge >= 0.3 is 0 Å². The Morgan fingerprint density at radius 3 is 2.71 bits per heavy atom. The van der Waals surface area contributed by atoms with Gasteiger partial charge in [-0.25, -0.2) is 0 Å². The first-order valence-corrected chi connectivity index (χ1v) is 8.11. The van der Waals surface area contributed by atoms with Crippen LogP contribution < -0.4 is 10.6 Å². The second-order valence-corrected chi connectivity index (χ2v) is 6.19. The van der Waals surface area contributed by atoms with Crippen molar-refractivity contribution in [2.75, 3.05) is 20.1 Å². The van der Waals surface area contributed by atoms with Gasteiger partial charge in [-0.1, -0.05) is 19.8 Å². The smallest absolute Gasteiger partial charge is 0.191 e. The van der Waals surface area contributed by atoms with Crippen LogP contribution in [-0.2, 0) is 6.54 Å². The number of hydrogen-bond acceptors (Lipinski definition) is 2. The average Bonchev–Trinajstić information content (AvgIpc) is 3.12. The normalized spacial score (nSPS) is 18.0. The molecule has 0 spiro atoms. The van der Waals surface area contributed by atoms with E-state index < -0.39 is 0 Å². The minimum absolute atomic E-state index is 0.483. The summed E-state index contributed by atoms with van der Waals surface area (Å²) in [5.74, 6) is 0.901. The number of aryl methyl sites for hydroxylation is 1. The number of aliphatic imine (C=N–C) groups is 1. The summed E-state index contributed by atoms with van der Waals surface area (Å²) in [7, 11) is 1.83. The second kappa shape index (κ2) is 7.48. The molecule has 1 fully saturated rings. The van der Waals surface area contributed by atoms with E-state index in [1.165, 1.54) is 37.7 Å². The van der Waals surface area contributed by atoms with Crippen molar-refractivity contribution in [1.29, 1.82) is 0 Å². The third-order valence-electron chi connectivity index (χ3n) is 4.66. The molecule has 2 rings (SSSR count). The van der Waals surface area contributed by atoms with Crippen LogP contribution in [0, 0.1) is 12.3 Å². The largest absolute Gasteiger partial charge is 0.356 e. The van der Waals surface area contributed by atoms with E-state index in [9.17, 15) is 0 Å². The van der Waals surface area contributed by atoms with Crippen LogP contribution in [0.3, 0.4) is 0 Å². The number of nitrogens with one attached hydrogen (secondary N) is 2. The first-order chi connectivity index (χ1) is 10.2. The average molecular weight is 291 g/mol. The van der Waals surface area contributed by atoms with Gasteiger partial charge in [-0.05, 0) is 37.2 Å². The maximum atomic E-state index is 4.32. The molecule has 1 aromatic rings. The van der Waals surface area contributed by atoms with E-state index in [4.69, 9.17) is 0 Å². The number of aromatic nitrogens is 2. The fraction of sp³-hybridized carbons (Fsp3) is 0.750. The van der Waals surface area contributed by atoms with Crippen LogP contribution in [0.2, 0.25) is 0 Å². The molecule has 0 radical (unpaired) electrons. The van der Waals surface area contributed by atoms with Crippen molar-refractivity contribution in [1.82, 2.24) is 20.4 Å². The lowest BCUT2D eigenvalue weighted by Gasteiger charge is -2.28. The standard InChI is InChI=1S/C16H29N5/c1-4-16(7-5-6-8-16)13-19-15(17-3)18-9-10-21-12-14(2)11-20-21/h11-12H,4-10,13H2,1-3H3,(H2,17,18,19). The van der Waals surface area contributed by atoms with Crippen LogP contribution in [0.15, 0.2) is 17.4 Å². The number of nitrogens with zero attached hydrogens (tertiary/aromatic N) is 3. The molecule has 0 bridgehead atoms. The third kappa shape index (κ3) is 4.48. The van der Waals surface area contributed by atoms with E-state index in [0.717, 1.165) is 25.6 Å². The molecule has 5 nitrogen and oxygen atoms in total. The van der Waals surface area contributed by atoms with Crippen LogP contribution in [0.5, 0.6) is 0 Å². The molecule has 5 heteroatoms. The van der Waals surface area contributed by atoms with Gasteiger partial charge in [0.1, 0.15) is 0 Å². The van der Waals surface area contributed by atoms with Crippen LogP contribution in [0.4, 0.5) is 0 Å². The highest BCUT2D eigenvalue weighted by molar-refractivity contribution is 5.79. The Bertz CT molecular complexity index is 457. The molecule has 1 saturated carbocycles. The molecule has 2 N–H and O–H groups in total. The molecule has 1 aliphatic rings. The van der Waals surface area contributed by atoms with E-state index >= 15 is 0 Å². The molecule has 118 valence electrons. The summed E-state index contributed by atoms with van der Waals surface area (Å²) in [6, 6.07) is 0. The molecule has 0 amide bonds. The predicted molar refractivity (Wildman–Crippen MR) is 87.5 cm³/mol. The predicted octanol–water partition coefficient (Wildman–Crippen LogP) is 2.33. The molecule has 1 heterocycles. The lowest BCUT2D eigenvalue weighted by atomic mass is 9.83. The maximum Gasteiger partial charge on any atom is 0.191 e. The van der Waals surface area contributed by atoms with Gasteiger partial charge in [0.2, 0.25) is 0 Å². The molecular formula is C16H29N5. The Balaban J connectivity index is 1.73. The Hall–Kier alpha value is -1.52. The Kier molecular flexibility index (Phi) is 5.65.